The third kappa shape index (κ3) is 10.0. The van der Waals surface area contributed by atoms with Crippen molar-refractivity contribution in [3.63, 3.8) is 0 Å². The molecule has 0 N–H and O–H groups in total. The molecule has 1 aliphatic heterocycles. The molecule has 0 bridgehead atoms. The van der Waals surface area contributed by atoms with Crippen LogP contribution in [0.15, 0.2) is 73.1 Å². The topological polar surface area (TPSA) is 91.4 Å². The predicted octanol–water partition coefficient (Wildman–Crippen LogP) is 4.76. The van der Waals surface area contributed by atoms with Crippen LogP contribution in [0, 0.1) is 5.41 Å². The number of hydrogen-bond acceptors (Lipinski definition) is 7. The molecule has 0 unspecified atom stereocenters. The maximum atomic E-state index is 11.6. The van der Waals surface area contributed by atoms with Crippen molar-refractivity contribution in [2.45, 2.75) is 34.1 Å². The number of carbonyl (C=O) groups is 3. The molecule has 1 aliphatic rings. The van der Waals surface area contributed by atoms with Gasteiger partial charge < -0.3 is 18.9 Å². The number of hydrogen-bond donors (Lipinski definition) is 0. The van der Waals surface area contributed by atoms with E-state index < -0.39 is 23.3 Å². The molecule has 1 heterocycles. The minimum atomic E-state index is -0.860. The summed E-state index contributed by atoms with van der Waals surface area (Å²) in [7, 11) is 0. The molecule has 1 aromatic carbocycles. The van der Waals surface area contributed by atoms with Gasteiger partial charge in [0.05, 0.1) is 5.41 Å². The Morgan fingerprint density at radius 2 is 1.15 bits per heavy atom. The van der Waals surface area contributed by atoms with Gasteiger partial charge >= 0.3 is 17.9 Å². The van der Waals surface area contributed by atoms with E-state index in [1.165, 1.54) is 20.8 Å². The first-order chi connectivity index (χ1) is 15.5. The average molecular weight is 457 g/mol. The van der Waals surface area contributed by atoms with E-state index >= 15 is 0 Å². The van der Waals surface area contributed by atoms with Gasteiger partial charge in [-0.2, -0.15) is 0 Å². The average Bonchev–Trinajstić information content (AvgIpc) is 3.64. The molecular weight excluding hydrogens is 424 g/mol. The Hall–Kier alpha value is -3.61. The summed E-state index contributed by atoms with van der Waals surface area (Å²) in [6.07, 6.45) is 2.19. The standard InChI is InChI=1S/C18H26O6.C8H6O/c1-8-18(9-22-15(19)12(2)3,10-23-16(20)13(4)5)11-24-17(21)14(6)7;1-2-4-7(5-3-1)8-6-9-8/h2,4,6,8-11H2,1,3,5,7H3;1-6H. The molecule has 0 aromatic heterocycles. The van der Waals surface area contributed by atoms with Crippen molar-refractivity contribution in [1.82, 2.24) is 0 Å². The quantitative estimate of drug-likeness (QED) is 0.269. The van der Waals surface area contributed by atoms with Gasteiger partial charge in [-0.25, -0.2) is 14.4 Å². The molecule has 0 fully saturated rings. The summed E-state index contributed by atoms with van der Waals surface area (Å²) in [5, 5.41) is 0. The van der Waals surface area contributed by atoms with Gasteiger partial charge in [0.15, 0.2) is 5.76 Å². The molecule has 1 aromatic rings. The van der Waals surface area contributed by atoms with Crippen LogP contribution in [0.1, 0.15) is 39.7 Å². The molecule has 7 nitrogen and oxygen atoms in total. The van der Waals surface area contributed by atoms with Gasteiger partial charge in [0, 0.05) is 22.3 Å². The minimum Gasteiger partial charge on any atom is -0.461 e. The summed E-state index contributed by atoms with van der Waals surface area (Å²) in [5.41, 5.74) is 1.05. The fraction of sp³-hybridized carbons (Fsp3) is 0.346. The largest absolute Gasteiger partial charge is 0.461 e. The van der Waals surface area contributed by atoms with Crippen LogP contribution in [-0.4, -0.2) is 37.7 Å². The number of carbonyl (C=O) groups excluding carboxylic acids is 3. The lowest BCUT2D eigenvalue weighted by molar-refractivity contribution is -0.157. The highest BCUT2D eigenvalue weighted by Gasteiger charge is 2.34. The number of esters is 3. The summed E-state index contributed by atoms with van der Waals surface area (Å²) < 4.78 is 20.4. The molecular formula is C26H32O7. The van der Waals surface area contributed by atoms with Crippen LogP contribution < -0.4 is 0 Å². The van der Waals surface area contributed by atoms with Crippen molar-refractivity contribution in [1.29, 1.82) is 0 Å². The van der Waals surface area contributed by atoms with Gasteiger partial charge in [0.1, 0.15) is 26.1 Å². The normalized spacial score (nSPS) is 11.5. The monoisotopic (exact) mass is 456 g/mol. The lowest BCUT2D eigenvalue weighted by Gasteiger charge is -2.31. The van der Waals surface area contributed by atoms with E-state index in [1.54, 1.807) is 6.26 Å². The fourth-order valence-electron chi connectivity index (χ4n) is 2.22. The first kappa shape index (κ1) is 27.4. The van der Waals surface area contributed by atoms with Crippen LogP contribution in [0.25, 0.3) is 5.76 Å². The Kier molecular flexibility index (Phi) is 10.8. The molecule has 178 valence electrons. The summed E-state index contributed by atoms with van der Waals surface area (Å²) >= 11 is 0. The van der Waals surface area contributed by atoms with Crippen LogP contribution in [0.2, 0.25) is 0 Å². The lowest BCUT2D eigenvalue weighted by atomic mass is 9.88. The SMILES string of the molecule is C1=C(c2ccccc2)O1.C=C(C)C(=O)OCC(CC)(COC(=O)C(=C)C)COC(=O)C(=C)C. The van der Waals surface area contributed by atoms with Crippen molar-refractivity contribution in [3.8, 4) is 0 Å². The first-order valence-electron chi connectivity index (χ1n) is 10.4. The molecule has 2 rings (SSSR count). The highest BCUT2D eigenvalue weighted by molar-refractivity contribution is 5.88. The van der Waals surface area contributed by atoms with Crippen molar-refractivity contribution in [3.05, 3.63) is 78.6 Å². The van der Waals surface area contributed by atoms with E-state index in [4.69, 9.17) is 18.9 Å². The van der Waals surface area contributed by atoms with Gasteiger partial charge in [-0.1, -0.05) is 57.0 Å². The van der Waals surface area contributed by atoms with Crippen molar-refractivity contribution in [2.24, 2.45) is 5.41 Å². The third-order valence-electron chi connectivity index (χ3n) is 4.62. The smallest absolute Gasteiger partial charge is 0.333 e. The number of ether oxygens (including phenoxy) is 4. The summed E-state index contributed by atoms with van der Waals surface area (Å²) in [6, 6.07) is 10.0. The van der Waals surface area contributed by atoms with Crippen LogP contribution >= 0.6 is 0 Å². The van der Waals surface area contributed by atoms with Crippen LogP contribution in [0.4, 0.5) is 0 Å². The Balaban J connectivity index is 0.000000490. The summed E-state index contributed by atoms with van der Waals surface area (Å²) in [4.78, 5) is 34.9. The molecule has 7 heteroatoms. The predicted molar refractivity (Wildman–Crippen MR) is 126 cm³/mol. The lowest BCUT2D eigenvalue weighted by Crippen LogP contribution is -2.39. The molecule has 0 saturated carbocycles. The van der Waals surface area contributed by atoms with E-state index in [0.29, 0.717) is 6.42 Å². The zero-order chi connectivity index (χ0) is 25.0. The molecule has 0 aliphatic carbocycles. The van der Waals surface area contributed by atoms with Crippen LogP contribution in [-0.2, 0) is 33.3 Å². The highest BCUT2D eigenvalue weighted by Crippen LogP contribution is 2.26. The second-order valence-electron chi connectivity index (χ2n) is 7.89. The van der Waals surface area contributed by atoms with Crippen molar-refractivity contribution >= 4 is 23.7 Å². The molecule has 33 heavy (non-hydrogen) atoms. The molecule has 0 amide bonds. The van der Waals surface area contributed by atoms with Crippen molar-refractivity contribution < 1.29 is 33.3 Å². The zero-order valence-corrected chi connectivity index (χ0v) is 19.8. The molecule has 0 radical (unpaired) electrons. The van der Waals surface area contributed by atoms with Gasteiger partial charge in [-0.05, 0) is 27.2 Å². The van der Waals surface area contributed by atoms with Crippen LogP contribution in [0.5, 0.6) is 0 Å². The number of benzene rings is 1. The van der Waals surface area contributed by atoms with Gasteiger partial charge in [0.2, 0.25) is 0 Å². The van der Waals surface area contributed by atoms with Crippen LogP contribution in [0.3, 0.4) is 0 Å². The Morgan fingerprint density at radius 3 is 1.42 bits per heavy atom. The molecule has 0 atom stereocenters. The van der Waals surface area contributed by atoms with Gasteiger partial charge in [-0.3, -0.25) is 0 Å². The van der Waals surface area contributed by atoms with Gasteiger partial charge in [-0.15, -0.1) is 0 Å². The minimum absolute atomic E-state index is 0.0812. The van der Waals surface area contributed by atoms with E-state index in [9.17, 15) is 14.4 Å². The Labute approximate surface area is 195 Å². The van der Waals surface area contributed by atoms with E-state index in [1.807, 2.05) is 37.3 Å². The second kappa shape index (κ2) is 13.1. The van der Waals surface area contributed by atoms with Gasteiger partial charge in [0.25, 0.3) is 0 Å². The van der Waals surface area contributed by atoms with E-state index in [0.717, 1.165) is 11.3 Å². The molecule has 0 saturated heterocycles. The fourth-order valence-corrected chi connectivity index (χ4v) is 2.22. The zero-order valence-electron chi connectivity index (χ0n) is 19.8. The van der Waals surface area contributed by atoms with Crippen molar-refractivity contribution in [2.75, 3.05) is 19.8 Å². The maximum Gasteiger partial charge on any atom is 0.333 e. The summed E-state index contributed by atoms with van der Waals surface area (Å²) in [6.45, 7) is 16.7. The van der Waals surface area contributed by atoms with E-state index in [2.05, 4.69) is 19.7 Å². The first-order valence-corrected chi connectivity index (χ1v) is 10.4. The number of rotatable bonds is 11. The second-order valence-corrected chi connectivity index (χ2v) is 7.89. The maximum absolute atomic E-state index is 11.6. The molecule has 0 spiro atoms. The third-order valence-corrected chi connectivity index (χ3v) is 4.62. The Bertz CT molecular complexity index is 851. The highest BCUT2D eigenvalue weighted by atomic mass is 16.6. The van der Waals surface area contributed by atoms with E-state index in [-0.39, 0.29) is 36.5 Å². The summed E-state index contributed by atoms with van der Waals surface area (Å²) in [5.74, 6) is -0.698. The Morgan fingerprint density at radius 1 is 0.788 bits per heavy atom.